The van der Waals surface area contributed by atoms with E-state index < -0.39 is 5.97 Å². The van der Waals surface area contributed by atoms with Crippen molar-refractivity contribution in [3.8, 4) is 5.75 Å². The first-order valence-corrected chi connectivity index (χ1v) is 6.23. The molecule has 1 aromatic carbocycles. The zero-order chi connectivity index (χ0) is 12.8. The summed E-state index contributed by atoms with van der Waals surface area (Å²) in [4.78, 5) is 14.9. The van der Waals surface area contributed by atoms with Gasteiger partial charge in [0, 0.05) is 5.75 Å². The van der Waals surface area contributed by atoms with Crippen LogP contribution in [0.25, 0.3) is 0 Å². The minimum atomic E-state index is -0.994. The van der Waals surface area contributed by atoms with Crippen LogP contribution in [0.3, 0.4) is 0 Å². The molecule has 6 heteroatoms. The molecule has 0 amide bonds. The lowest BCUT2D eigenvalue weighted by molar-refractivity contribution is 0.0692. The van der Waals surface area contributed by atoms with Gasteiger partial charge >= 0.3 is 5.97 Å². The minimum absolute atomic E-state index is 0.165. The van der Waals surface area contributed by atoms with Gasteiger partial charge in [0.2, 0.25) is 0 Å². The number of para-hydroxylation sites is 1. The lowest BCUT2D eigenvalue weighted by Crippen LogP contribution is -2.05. The van der Waals surface area contributed by atoms with Gasteiger partial charge in [0.25, 0.3) is 5.22 Å². The molecular formula is C12H11NO4S. The number of carbonyl (C=O) groups is 1. The fourth-order valence-corrected chi connectivity index (χ4v) is 1.93. The van der Waals surface area contributed by atoms with Crippen LogP contribution in [0.15, 0.2) is 46.4 Å². The van der Waals surface area contributed by atoms with Gasteiger partial charge in [-0.2, -0.15) is 0 Å². The molecule has 0 aliphatic carbocycles. The average molecular weight is 265 g/mol. The number of hydrogen-bond acceptors (Lipinski definition) is 5. The van der Waals surface area contributed by atoms with Crippen molar-refractivity contribution in [2.75, 3.05) is 12.4 Å². The number of carboxylic acids is 1. The molecule has 0 radical (unpaired) electrons. The van der Waals surface area contributed by atoms with Crippen molar-refractivity contribution in [1.29, 1.82) is 0 Å². The predicted molar refractivity (Wildman–Crippen MR) is 66.1 cm³/mol. The van der Waals surface area contributed by atoms with Crippen LogP contribution in [0, 0.1) is 0 Å². The number of nitrogens with zero attached hydrogens (tertiary/aromatic N) is 1. The molecule has 0 aliphatic rings. The second-order valence-electron chi connectivity index (χ2n) is 3.30. The van der Waals surface area contributed by atoms with Crippen molar-refractivity contribution in [2.24, 2.45) is 0 Å². The second-order valence-corrected chi connectivity index (χ2v) is 4.34. The SMILES string of the molecule is O=C(O)c1ccccc1OCCSc1ncco1. The summed E-state index contributed by atoms with van der Waals surface area (Å²) in [5.74, 6) is 0.0121. The Morgan fingerprint density at radius 1 is 1.44 bits per heavy atom. The number of benzene rings is 1. The Balaban J connectivity index is 1.85. The summed E-state index contributed by atoms with van der Waals surface area (Å²) in [6.07, 6.45) is 3.08. The number of hydrogen-bond donors (Lipinski definition) is 1. The second kappa shape index (κ2) is 6.11. The van der Waals surface area contributed by atoms with Gasteiger partial charge in [-0.25, -0.2) is 9.78 Å². The van der Waals surface area contributed by atoms with E-state index in [-0.39, 0.29) is 5.56 Å². The van der Waals surface area contributed by atoms with Gasteiger partial charge in [-0.3, -0.25) is 0 Å². The summed E-state index contributed by atoms with van der Waals surface area (Å²) < 4.78 is 10.5. The summed E-state index contributed by atoms with van der Waals surface area (Å²) in [5.41, 5.74) is 0.165. The molecule has 5 nitrogen and oxygen atoms in total. The van der Waals surface area contributed by atoms with E-state index in [1.54, 1.807) is 24.4 Å². The van der Waals surface area contributed by atoms with Gasteiger partial charge in [-0.1, -0.05) is 23.9 Å². The van der Waals surface area contributed by atoms with E-state index >= 15 is 0 Å². The number of aromatic nitrogens is 1. The molecule has 18 heavy (non-hydrogen) atoms. The Morgan fingerprint density at radius 2 is 2.28 bits per heavy atom. The third-order valence-corrected chi connectivity index (χ3v) is 2.91. The molecule has 2 rings (SSSR count). The molecule has 0 spiro atoms. The minimum Gasteiger partial charge on any atom is -0.492 e. The summed E-state index contributed by atoms with van der Waals surface area (Å²) in [7, 11) is 0. The Hall–Kier alpha value is -1.95. The largest absolute Gasteiger partial charge is 0.492 e. The Morgan fingerprint density at radius 3 is 3.00 bits per heavy atom. The fourth-order valence-electron chi connectivity index (χ4n) is 1.33. The van der Waals surface area contributed by atoms with Crippen LogP contribution in [-0.4, -0.2) is 28.4 Å². The lowest BCUT2D eigenvalue weighted by atomic mass is 10.2. The summed E-state index contributed by atoms with van der Waals surface area (Å²) in [5, 5.41) is 9.54. The first-order chi connectivity index (χ1) is 8.77. The molecule has 0 atom stereocenters. The van der Waals surface area contributed by atoms with E-state index in [4.69, 9.17) is 14.3 Å². The van der Waals surface area contributed by atoms with Crippen molar-refractivity contribution in [3.05, 3.63) is 42.3 Å². The van der Waals surface area contributed by atoms with Crippen molar-refractivity contribution < 1.29 is 19.1 Å². The van der Waals surface area contributed by atoms with E-state index in [1.165, 1.54) is 24.1 Å². The van der Waals surface area contributed by atoms with Crippen LogP contribution in [0.2, 0.25) is 0 Å². The zero-order valence-electron chi connectivity index (χ0n) is 9.41. The normalized spacial score (nSPS) is 10.2. The van der Waals surface area contributed by atoms with E-state index in [1.807, 2.05) is 0 Å². The number of carboxylic acid groups (broad SMARTS) is 1. The number of aromatic carboxylic acids is 1. The van der Waals surface area contributed by atoms with Gasteiger partial charge in [0.1, 0.15) is 17.6 Å². The molecule has 0 fully saturated rings. The molecule has 1 aromatic heterocycles. The standard InChI is InChI=1S/C12H11NO4S/c14-11(15)9-3-1-2-4-10(9)16-7-8-18-12-13-5-6-17-12/h1-6H,7-8H2,(H,14,15). The molecule has 0 aliphatic heterocycles. The first-order valence-electron chi connectivity index (χ1n) is 5.25. The third-order valence-electron chi connectivity index (χ3n) is 2.09. The fraction of sp³-hybridized carbons (Fsp3) is 0.167. The number of thioether (sulfide) groups is 1. The average Bonchev–Trinajstić information content (AvgIpc) is 2.88. The Bertz CT molecular complexity index is 513. The third kappa shape index (κ3) is 3.27. The van der Waals surface area contributed by atoms with Crippen molar-refractivity contribution in [3.63, 3.8) is 0 Å². The monoisotopic (exact) mass is 265 g/mol. The molecule has 1 N–H and O–H groups in total. The summed E-state index contributed by atoms with van der Waals surface area (Å²) in [6, 6.07) is 6.55. The molecule has 1 heterocycles. The highest BCUT2D eigenvalue weighted by atomic mass is 32.2. The Kier molecular flexibility index (Phi) is 4.25. The summed E-state index contributed by atoms with van der Waals surface area (Å²) in [6.45, 7) is 0.386. The van der Waals surface area contributed by atoms with Gasteiger partial charge in [0.05, 0.1) is 12.8 Å². The van der Waals surface area contributed by atoms with Crippen LogP contribution < -0.4 is 4.74 Å². The van der Waals surface area contributed by atoms with Gasteiger partial charge < -0.3 is 14.3 Å². The maximum atomic E-state index is 10.9. The Labute approximate surface area is 108 Å². The highest BCUT2D eigenvalue weighted by molar-refractivity contribution is 7.99. The summed E-state index contributed by atoms with van der Waals surface area (Å²) >= 11 is 1.41. The van der Waals surface area contributed by atoms with E-state index in [0.29, 0.717) is 23.3 Å². The molecule has 0 saturated carbocycles. The van der Waals surface area contributed by atoms with Gasteiger partial charge in [-0.05, 0) is 12.1 Å². The molecule has 2 aromatic rings. The quantitative estimate of drug-likeness (QED) is 0.639. The maximum absolute atomic E-state index is 10.9. The van der Waals surface area contributed by atoms with Crippen LogP contribution >= 0.6 is 11.8 Å². The van der Waals surface area contributed by atoms with Gasteiger partial charge in [0.15, 0.2) is 0 Å². The topological polar surface area (TPSA) is 72.6 Å². The molecule has 0 saturated heterocycles. The molecule has 0 bridgehead atoms. The zero-order valence-corrected chi connectivity index (χ0v) is 10.2. The smallest absolute Gasteiger partial charge is 0.339 e. The van der Waals surface area contributed by atoms with Crippen LogP contribution in [0.1, 0.15) is 10.4 Å². The maximum Gasteiger partial charge on any atom is 0.339 e. The molecular weight excluding hydrogens is 254 g/mol. The van der Waals surface area contributed by atoms with Crippen LogP contribution in [0.4, 0.5) is 0 Å². The van der Waals surface area contributed by atoms with Crippen LogP contribution in [-0.2, 0) is 0 Å². The number of ether oxygens (including phenoxy) is 1. The van der Waals surface area contributed by atoms with Gasteiger partial charge in [-0.15, -0.1) is 0 Å². The van der Waals surface area contributed by atoms with Crippen molar-refractivity contribution in [2.45, 2.75) is 5.22 Å². The van der Waals surface area contributed by atoms with E-state index in [2.05, 4.69) is 4.98 Å². The van der Waals surface area contributed by atoms with Crippen molar-refractivity contribution >= 4 is 17.7 Å². The van der Waals surface area contributed by atoms with E-state index in [0.717, 1.165) is 0 Å². The number of rotatable bonds is 6. The highest BCUT2D eigenvalue weighted by Crippen LogP contribution is 2.19. The first kappa shape index (κ1) is 12.5. The number of oxazole rings is 1. The van der Waals surface area contributed by atoms with E-state index in [9.17, 15) is 4.79 Å². The highest BCUT2D eigenvalue weighted by Gasteiger charge is 2.09. The molecule has 0 unspecified atom stereocenters. The van der Waals surface area contributed by atoms with Crippen LogP contribution in [0.5, 0.6) is 5.75 Å². The predicted octanol–water partition coefficient (Wildman–Crippen LogP) is 2.54. The lowest BCUT2D eigenvalue weighted by Gasteiger charge is -2.07. The molecule has 94 valence electrons. The van der Waals surface area contributed by atoms with Crippen molar-refractivity contribution in [1.82, 2.24) is 4.98 Å².